The molecular weight excluding hydrogens is 172 g/mol. The molecule has 1 aromatic rings. The number of hydrogen-bond acceptors (Lipinski definition) is 1. The van der Waals surface area contributed by atoms with Crippen LogP contribution in [0, 0.1) is 5.92 Å². The minimum absolute atomic E-state index is 0.0792. The van der Waals surface area contributed by atoms with Gasteiger partial charge < -0.3 is 4.79 Å². The highest BCUT2D eigenvalue weighted by Gasteiger charge is 2.06. The summed E-state index contributed by atoms with van der Waals surface area (Å²) in [5.74, 6) is 0.0792. The quantitative estimate of drug-likeness (QED) is 0.663. The third kappa shape index (κ3) is 2.56. The van der Waals surface area contributed by atoms with Crippen molar-refractivity contribution in [3.63, 3.8) is 0 Å². The van der Waals surface area contributed by atoms with Crippen molar-refractivity contribution >= 4 is 11.9 Å². The van der Waals surface area contributed by atoms with E-state index in [0.29, 0.717) is 0 Å². The Kier molecular flexibility index (Phi) is 3.63. The third-order valence-electron chi connectivity index (χ3n) is 2.25. The van der Waals surface area contributed by atoms with Gasteiger partial charge >= 0.3 is 0 Å². The van der Waals surface area contributed by atoms with Crippen molar-refractivity contribution < 1.29 is 4.79 Å². The zero-order valence-corrected chi connectivity index (χ0v) is 8.79. The second-order valence-corrected chi connectivity index (χ2v) is 3.75. The lowest BCUT2D eigenvalue weighted by Crippen LogP contribution is -2.02. The fourth-order valence-corrected chi connectivity index (χ4v) is 1.51. The standard InChI is InChI=1S/C13H16O/c1-10(2)13-7-5-4-6-12(13)8-11(3)9-14/h4-7,9,11H,1,8H2,2-3H3. The first-order valence-electron chi connectivity index (χ1n) is 4.84. The summed E-state index contributed by atoms with van der Waals surface area (Å²) < 4.78 is 0. The van der Waals surface area contributed by atoms with Gasteiger partial charge in [0, 0.05) is 5.92 Å². The summed E-state index contributed by atoms with van der Waals surface area (Å²) in [4.78, 5) is 10.6. The molecule has 1 atom stereocenters. The maximum absolute atomic E-state index is 10.6. The van der Waals surface area contributed by atoms with Crippen LogP contribution in [-0.2, 0) is 11.2 Å². The lowest BCUT2D eigenvalue weighted by atomic mass is 9.95. The number of rotatable bonds is 4. The molecule has 0 fully saturated rings. The molecule has 0 aliphatic heterocycles. The highest BCUT2D eigenvalue weighted by molar-refractivity contribution is 5.65. The van der Waals surface area contributed by atoms with E-state index in [2.05, 4.69) is 18.7 Å². The van der Waals surface area contributed by atoms with Gasteiger partial charge in [-0.05, 0) is 24.5 Å². The predicted octanol–water partition coefficient (Wildman–Crippen LogP) is 3.10. The molecule has 0 aromatic heterocycles. The van der Waals surface area contributed by atoms with Gasteiger partial charge in [0.25, 0.3) is 0 Å². The zero-order valence-electron chi connectivity index (χ0n) is 8.79. The number of carbonyl (C=O) groups excluding carboxylic acids is 1. The fourth-order valence-electron chi connectivity index (χ4n) is 1.51. The van der Waals surface area contributed by atoms with E-state index < -0.39 is 0 Å². The van der Waals surface area contributed by atoms with Crippen LogP contribution < -0.4 is 0 Å². The van der Waals surface area contributed by atoms with Crippen molar-refractivity contribution in [2.45, 2.75) is 20.3 Å². The SMILES string of the molecule is C=C(C)c1ccccc1CC(C)C=O. The van der Waals surface area contributed by atoms with Gasteiger partial charge in [0.15, 0.2) is 0 Å². The first-order valence-corrected chi connectivity index (χ1v) is 4.84. The number of benzene rings is 1. The van der Waals surface area contributed by atoms with Gasteiger partial charge in [-0.15, -0.1) is 0 Å². The van der Waals surface area contributed by atoms with Crippen LogP contribution in [0.25, 0.3) is 5.57 Å². The number of aldehydes is 1. The Morgan fingerprint density at radius 1 is 1.50 bits per heavy atom. The van der Waals surface area contributed by atoms with E-state index in [1.54, 1.807) is 0 Å². The highest BCUT2D eigenvalue weighted by Crippen LogP contribution is 2.19. The smallest absolute Gasteiger partial charge is 0.123 e. The summed E-state index contributed by atoms with van der Waals surface area (Å²) >= 11 is 0. The molecule has 0 saturated carbocycles. The fraction of sp³-hybridized carbons (Fsp3) is 0.308. The Hall–Kier alpha value is -1.37. The molecule has 0 radical (unpaired) electrons. The molecule has 1 unspecified atom stereocenters. The Bertz CT molecular complexity index is 339. The Morgan fingerprint density at radius 3 is 2.71 bits per heavy atom. The van der Waals surface area contributed by atoms with E-state index in [9.17, 15) is 4.79 Å². The molecular formula is C13H16O. The van der Waals surface area contributed by atoms with Crippen LogP contribution in [0.5, 0.6) is 0 Å². The molecule has 0 bridgehead atoms. The van der Waals surface area contributed by atoms with Crippen molar-refractivity contribution in [3.8, 4) is 0 Å². The molecule has 1 rings (SSSR count). The van der Waals surface area contributed by atoms with Crippen LogP contribution in [0.3, 0.4) is 0 Å². The molecule has 0 aliphatic rings. The average Bonchev–Trinajstić information content (AvgIpc) is 2.18. The summed E-state index contributed by atoms with van der Waals surface area (Å²) in [6, 6.07) is 8.11. The van der Waals surface area contributed by atoms with Crippen LogP contribution in [0.15, 0.2) is 30.8 Å². The van der Waals surface area contributed by atoms with E-state index in [1.165, 1.54) is 11.1 Å². The Balaban J connectivity index is 2.95. The second kappa shape index (κ2) is 4.75. The minimum atomic E-state index is 0.0792. The van der Waals surface area contributed by atoms with E-state index >= 15 is 0 Å². The predicted molar refractivity (Wildman–Crippen MR) is 60.1 cm³/mol. The molecule has 0 N–H and O–H groups in total. The first-order chi connectivity index (χ1) is 6.65. The van der Waals surface area contributed by atoms with Crippen molar-refractivity contribution in [1.82, 2.24) is 0 Å². The summed E-state index contributed by atoms with van der Waals surface area (Å²) in [7, 11) is 0. The summed E-state index contributed by atoms with van der Waals surface area (Å²) in [6.07, 6.45) is 1.79. The van der Waals surface area contributed by atoms with E-state index in [0.717, 1.165) is 18.3 Å². The maximum atomic E-state index is 10.6. The highest BCUT2D eigenvalue weighted by atomic mass is 16.1. The topological polar surface area (TPSA) is 17.1 Å². The average molecular weight is 188 g/mol. The van der Waals surface area contributed by atoms with Crippen molar-refractivity contribution in [3.05, 3.63) is 42.0 Å². The van der Waals surface area contributed by atoms with Crippen molar-refractivity contribution in [2.75, 3.05) is 0 Å². The lowest BCUT2D eigenvalue weighted by Gasteiger charge is -2.10. The normalized spacial score (nSPS) is 12.1. The lowest BCUT2D eigenvalue weighted by molar-refractivity contribution is -0.110. The minimum Gasteiger partial charge on any atom is -0.303 e. The van der Waals surface area contributed by atoms with Gasteiger partial charge in [0.1, 0.15) is 6.29 Å². The molecule has 1 aromatic carbocycles. The monoisotopic (exact) mass is 188 g/mol. The maximum Gasteiger partial charge on any atom is 0.123 e. The Morgan fingerprint density at radius 2 is 2.14 bits per heavy atom. The first kappa shape index (κ1) is 10.7. The molecule has 0 heterocycles. The number of allylic oxidation sites excluding steroid dienone is 1. The van der Waals surface area contributed by atoms with Crippen LogP contribution >= 0.6 is 0 Å². The molecule has 0 amide bonds. The van der Waals surface area contributed by atoms with E-state index in [1.807, 2.05) is 26.0 Å². The molecule has 1 nitrogen and oxygen atoms in total. The summed E-state index contributed by atoms with van der Waals surface area (Å²) in [5.41, 5.74) is 3.43. The van der Waals surface area contributed by atoms with Crippen LogP contribution in [0.1, 0.15) is 25.0 Å². The number of hydrogen-bond donors (Lipinski definition) is 0. The van der Waals surface area contributed by atoms with Gasteiger partial charge in [0.05, 0.1) is 0 Å². The van der Waals surface area contributed by atoms with Gasteiger partial charge in [0.2, 0.25) is 0 Å². The van der Waals surface area contributed by atoms with Gasteiger partial charge in [-0.3, -0.25) is 0 Å². The van der Waals surface area contributed by atoms with Gasteiger partial charge in [-0.2, -0.15) is 0 Å². The van der Waals surface area contributed by atoms with Crippen LogP contribution in [0.2, 0.25) is 0 Å². The second-order valence-electron chi connectivity index (χ2n) is 3.75. The molecule has 0 aliphatic carbocycles. The van der Waals surface area contributed by atoms with Crippen LogP contribution in [-0.4, -0.2) is 6.29 Å². The third-order valence-corrected chi connectivity index (χ3v) is 2.25. The van der Waals surface area contributed by atoms with Crippen molar-refractivity contribution in [2.24, 2.45) is 5.92 Å². The Labute approximate surface area is 85.5 Å². The molecule has 0 spiro atoms. The van der Waals surface area contributed by atoms with Crippen LogP contribution in [0.4, 0.5) is 0 Å². The molecule has 74 valence electrons. The summed E-state index contributed by atoms with van der Waals surface area (Å²) in [6.45, 7) is 7.85. The van der Waals surface area contributed by atoms with E-state index in [4.69, 9.17) is 0 Å². The van der Waals surface area contributed by atoms with Gasteiger partial charge in [-0.1, -0.05) is 43.3 Å². The molecule has 14 heavy (non-hydrogen) atoms. The van der Waals surface area contributed by atoms with Crippen molar-refractivity contribution in [1.29, 1.82) is 0 Å². The van der Waals surface area contributed by atoms with E-state index in [-0.39, 0.29) is 5.92 Å². The summed E-state index contributed by atoms with van der Waals surface area (Å²) in [5, 5.41) is 0. The largest absolute Gasteiger partial charge is 0.303 e. The zero-order chi connectivity index (χ0) is 10.6. The molecule has 1 heteroatoms. The molecule has 0 saturated heterocycles. The van der Waals surface area contributed by atoms with Gasteiger partial charge in [-0.25, -0.2) is 0 Å². The number of carbonyl (C=O) groups is 1.